The molecule has 2 unspecified atom stereocenters. The highest BCUT2D eigenvalue weighted by molar-refractivity contribution is 9.10. The van der Waals surface area contributed by atoms with Crippen LogP contribution in [0.3, 0.4) is 0 Å². The average Bonchev–Trinajstić information content (AvgIpc) is 2.36. The first-order valence-corrected chi connectivity index (χ1v) is 7.19. The van der Waals surface area contributed by atoms with E-state index in [2.05, 4.69) is 27.8 Å². The SMILES string of the molecule is CC1CCN(Cc2ccc(C(=O)O)cc2Br)CC1O. The molecule has 1 aliphatic rings. The Morgan fingerprint density at radius 3 is 2.84 bits per heavy atom. The van der Waals surface area contributed by atoms with E-state index in [1.54, 1.807) is 12.1 Å². The first-order chi connectivity index (χ1) is 8.97. The summed E-state index contributed by atoms with van der Waals surface area (Å²) in [7, 11) is 0. The van der Waals surface area contributed by atoms with Crippen molar-refractivity contribution in [1.82, 2.24) is 4.90 Å². The minimum atomic E-state index is -0.922. The van der Waals surface area contributed by atoms with Crippen molar-refractivity contribution in [3.05, 3.63) is 33.8 Å². The van der Waals surface area contributed by atoms with Gasteiger partial charge in [-0.15, -0.1) is 0 Å². The predicted molar refractivity (Wildman–Crippen MR) is 76.2 cm³/mol. The van der Waals surface area contributed by atoms with Crippen molar-refractivity contribution in [3.63, 3.8) is 0 Å². The summed E-state index contributed by atoms with van der Waals surface area (Å²) in [5.41, 5.74) is 1.33. The molecule has 2 atom stereocenters. The largest absolute Gasteiger partial charge is 0.478 e. The summed E-state index contributed by atoms with van der Waals surface area (Å²) in [5, 5.41) is 18.8. The number of benzene rings is 1. The van der Waals surface area contributed by atoms with Gasteiger partial charge >= 0.3 is 5.97 Å². The average molecular weight is 328 g/mol. The highest BCUT2D eigenvalue weighted by Crippen LogP contribution is 2.23. The second-order valence-electron chi connectivity index (χ2n) is 5.18. The molecule has 0 aliphatic carbocycles. The van der Waals surface area contributed by atoms with Gasteiger partial charge in [0.2, 0.25) is 0 Å². The third-order valence-electron chi connectivity index (χ3n) is 3.70. The Morgan fingerprint density at radius 2 is 2.26 bits per heavy atom. The molecule has 0 radical (unpaired) electrons. The molecule has 0 saturated carbocycles. The molecule has 0 bridgehead atoms. The van der Waals surface area contributed by atoms with Gasteiger partial charge in [0.1, 0.15) is 0 Å². The van der Waals surface area contributed by atoms with Crippen molar-refractivity contribution in [2.75, 3.05) is 13.1 Å². The van der Waals surface area contributed by atoms with E-state index in [4.69, 9.17) is 5.11 Å². The number of β-amino-alcohol motifs (C(OH)–C–C–N with tert-alkyl or cyclic N) is 1. The monoisotopic (exact) mass is 327 g/mol. The number of likely N-dealkylation sites (tertiary alicyclic amines) is 1. The van der Waals surface area contributed by atoms with Crippen LogP contribution in [-0.4, -0.2) is 40.3 Å². The minimum absolute atomic E-state index is 0.272. The van der Waals surface area contributed by atoms with Crippen molar-refractivity contribution in [2.45, 2.75) is 26.0 Å². The first-order valence-electron chi connectivity index (χ1n) is 6.39. The zero-order chi connectivity index (χ0) is 14.0. The van der Waals surface area contributed by atoms with Gasteiger partial charge in [-0.25, -0.2) is 4.79 Å². The van der Waals surface area contributed by atoms with Gasteiger partial charge in [-0.2, -0.15) is 0 Å². The van der Waals surface area contributed by atoms with Gasteiger partial charge in [0.05, 0.1) is 11.7 Å². The Bertz CT molecular complexity index is 478. The Morgan fingerprint density at radius 1 is 1.53 bits per heavy atom. The van der Waals surface area contributed by atoms with Crippen LogP contribution in [0.5, 0.6) is 0 Å². The van der Waals surface area contributed by atoms with Crippen molar-refractivity contribution >= 4 is 21.9 Å². The number of piperidine rings is 1. The van der Waals surface area contributed by atoms with Crippen LogP contribution in [0, 0.1) is 5.92 Å². The molecule has 1 saturated heterocycles. The van der Waals surface area contributed by atoms with E-state index >= 15 is 0 Å². The van der Waals surface area contributed by atoms with Gasteiger partial charge in [-0.05, 0) is 36.6 Å². The number of carboxylic acid groups (broad SMARTS) is 1. The van der Waals surface area contributed by atoms with Crippen molar-refractivity contribution in [1.29, 1.82) is 0 Å². The molecule has 0 spiro atoms. The summed E-state index contributed by atoms with van der Waals surface area (Å²) in [6, 6.07) is 5.07. The molecule has 1 aromatic carbocycles. The maximum atomic E-state index is 10.9. The fourth-order valence-electron chi connectivity index (χ4n) is 2.31. The quantitative estimate of drug-likeness (QED) is 0.894. The molecule has 1 aromatic rings. The number of rotatable bonds is 3. The molecular formula is C14H18BrNO3. The van der Waals surface area contributed by atoms with Crippen LogP contribution in [0.25, 0.3) is 0 Å². The zero-order valence-corrected chi connectivity index (χ0v) is 12.4. The second kappa shape index (κ2) is 6.03. The summed E-state index contributed by atoms with van der Waals surface area (Å²) >= 11 is 3.42. The molecule has 4 nitrogen and oxygen atoms in total. The van der Waals surface area contributed by atoms with Gasteiger partial charge in [0.15, 0.2) is 0 Å². The lowest BCUT2D eigenvalue weighted by molar-refractivity contribution is 0.0258. The van der Waals surface area contributed by atoms with E-state index in [1.165, 1.54) is 0 Å². The summed E-state index contributed by atoms with van der Waals surface area (Å²) in [6.07, 6.45) is 0.720. The normalized spacial score (nSPS) is 24.4. The lowest BCUT2D eigenvalue weighted by Crippen LogP contribution is -2.42. The van der Waals surface area contributed by atoms with Crippen LogP contribution in [-0.2, 0) is 6.54 Å². The van der Waals surface area contributed by atoms with E-state index in [1.807, 2.05) is 6.07 Å². The molecule has 1 fully saturated rings. The fraction of sp³-hybridized carbons (Fsp3) is 0.500. The van der Waals surface area contributed by atoms with Crippen LogP contribution in [0.1, 0.15) is 29.3 Å². The standard InChI is InChI=1S/C14H18BrNO3/c1-9-4-5-16(8-13(9)17)7-11-3-2-10(14(18)19)6-12(11)15/h2-3,6,9,13,17H,4-5,7-8H2,1H3,(H,18,19). The lowest BCUT2D eigenvalue weighted by Gasteiger charge is -2.34. The van der Waals surface area contributed by atoms with Gasteiger partial charge in [0.25, 0.3) is 0 Å². The number of carboxylic acids is 1. The van der Waals surface area contributed by atoms with E-state index in [0.717, 1.165) is 29.5 Å². The van der Waals surface area contributed by atoms with Gasteiger partial charge in [0, 0.05) is 17.6 Å². The number of aliphatic hydroxyl groups is 1. The number of nitrogens with zero attached hydrogens (tertiary/aromatic N) is 1. The van der Waals surface area contributed by atoms with Gasteiger partial charge in [-0.3, -0.25) is 4.90 Å². The smallest absolute Gasteiger partial charge is 0.335 e. The molecule has 104 valence electrons. The summed E-state index contributed by atoms with van der Waals surface area (Å²) in [5.74, 6) is -0.566. The van der Waals surface area contributed by atoms with Crippen molar-refractivity contribution < 1.29 is 15.0 Å². The summed E-state index contributed by atoms with van der Waals surface area (Å²) < 4.78 is 0.806. The maximum absolute atomic E-state index is 10.9. The van der Waals surface area contributed by atoms with Crippen molar-refractivity contribution in [3.8, 4) is 0 Å². The van der Waals surface area contributed by atoms with Crippen LogP contribution >= 0.6 is 15.9 Å². The molecule has 1 heterocycles. The van der Waals surface area contributed by atoms with Crippen molar-refractivity contribution in [2.24, 2.45) is 5.92 Å². The lowest BCUT2D eigenvalue weighted by atomic mass is 9.95. The third kappa shape index (κ3) is 3.55. The highest BCUT2D eigenvalue weighted by atomic mass is 79.9. The predicted octanol–water partition coefficient (Wildman–Crippen LogP) is 2.35. The molecule has 2 N–H and O–H groups in total. The molecule has 0 aromatic heterocycles. The third-order valence-corrected chi connectivity index (χ3v) is 4.43. The van der Waals surface area contributed by atoms with E-state index in [0.29, 0.717) is 12.5 Å². The Kier molecular flexibility index (Phi) is 4.60. The molecular weight excluding hydrogens is 310 g/mol. The topological polar surface area (TPSA) is 60.8 Å². The molecule has 5 heteroatoms. The van der Waals surface area contributed by atoms with Gasteiger partial charge in [-0.1, -0.05) is 28.9 Å². The van der Waals surface area contributed by atoms with Crippen LogP contribution < -0.4 is 0 Å². The van der Waals surface area contributed by atoms with E-state index in [-0.39, 0.29) is 11.7 Å². The first kappa shape index (κ1) is 14.5. The van der Waals surface area contributed by atoms with Crippen LogP contribution in [0.15, 0.2) is 22.7 Å². The van der Waals surface area contributed by atoms with E-state index in [9.17, 15) is 9.90 Å². The Hall–Kier alpha value is -0.910. The molecule has 1 aliphatic heterocycles. The summed E-state index contributed by atoms with van der Waals surface area (Å²) in [4.78, 5) is 13.1. The number of halogens is 1. The van der Waals surface area contributed by atoms with Crippen LogP contribution in [0.2, 0.25) is 0 Å². The van der Waals surface area contributed by atoms with E-state index < -0.39 is 5.97 Å². The summed E-state index contributed by atoms with van der Waals surface area (Å²) in [6.45, 7) is 4.43. The second-order valence-corrected chi connectivity index (χ2v) is 6.03. The van der Waals surface area contributed by atoms with Gasteiger partial charge < -0.3 is 10.2 Å². The number of aromatic carboxylic acids is 1. The number of hydrogen-bond donors (Lipinski definition) is 2. The minimum Gasteiger partial charge on any atom is -0.478 e. The molecule has 0 amide bonds. The molecule has 2 rings (SSSR count). The Labute approximate surface area is 121 Å². The Balaban J connectivity index is 2.05. The fourth-order valence-corrected chi connectivity index (χ4v) is 2.81. The highest BCUT2D eigenvalue weighted by Gasteiger charge is 2.24. The number of hydrogen-bond acceptors (Lipinski definition) is 3. The zero-order valence-electron chi connectivity index (χ0n) is 10.8. The maximum Gasteiger partial charge on any atom is 0.335 e. The number of carbonyl (C=O) groups is 1. The number of aliphatic hydroxyl groups excluding tert-OH is 1. The molecule has 19 heavy (non-hydrogen) atoms. The van der Waals surface area contributed by atoms with Crippen LogP contribution in [0.4, 0.5) is 0 Å².